The fraction of sp³-hybridized carbons (Fsp3) is 0.261. The van der Waals surface area contributed by atoms with Crippen molar-refractivity contribution in [1.29, 1.82) is 0 Å². The van der Waals surface area contributed by atoms with Crippen LogP contribution < -0.4 is 19.5 Å². The fourth-order valence-electron chi connectivity index (χ4n) is 3.49. The van der Waals surface area contributed by atoms with E-state index in [1.807, 2.05) is 24.5 Å². The number of methoxy groups -OCH3 is 3. The largest absolute Gasteiger partial charge is 0.493 e. The summed E-state index contributed by atoms with van der Waals surface area (Å²) >= 11 is 0. The molecule has 158 valence electrons. The molecule has 0 atom stereocenters. The number of aromatic nitrogens is 1. The summed E-state index contributed by atoms with van der Waals surface area (Å²) in [7, 11) is 4.61. The Morgan fingerprint density at radius 2 is 1.57 bits per heavy atom. The standard InChI is InChI=1S/C23H25FN2O4/c1-14-10-19(15(2)26(14)18-8-6-16(24)7-9-18)20(27)13-25-17-11-21(28-3)23(30-5)22(12-17)29-4/h6-12,25H,13H2,1-5H3. The van der Waals surface area contributed by atoms with Gasteiger partial charge in [-0.15, -0.1) is 0 Å². The number of ether oxygens (including phenoxy) is 3. The minimum Gasteiger partial charge on any atom is -0.493 e. The van der Waals surface area contributed by atoms with E-state index in [2.05, 4.69) is 5.32 Å². The summed E-state index contributed by atoms with van der Waals surface area (Å²) in [6.45, 7) is 3.88. The van der Waals surface area contributed by atoms with Crippen LogP contribution in [-0.4, -0.2) is 38.2 Å². The number of nitrogens with zero attached hydrogens (tertiary/aromatic N) is 1. The SMILES string of the molecule is COc1cc(NCC(=O)c2cc(C)n(-c3ccc(F)cc3)c2C)cc(OC)c1OC. The molecule has 0 aliphatic carbocycles. The van der Waals surface area contributed by atoms with Gasteiger partial charge < -0.3 is 24.1 Å². The molecule has 0 amide bonds. The maximum atomic E-state index is 13.3. The van der Waals surface area contributed by atoms with Gasteiger partial charge in [-0.1, -0.05) is 0 Å². The van der Waals surface area contributed by atoms with Gasteiger partial charge in [-0.3, -0.25) is 4.79 Å². The van der Waals surface area contributed by atoms with E-state index >= 15 is 0 Å². The third-order valence-electron chi connectivity index (χ3n) is 4.93. The molecular weight excluding hydrogens is 387 g/mol. The molecule has 7 heteroatoms. The number of aryl methyl sites for hydroxylation is 1. The normalized spacial score (nSPS) is 10.6. The van der Waals surface area contributed by atoms with Crippen LogP contribution in [-0.2, 0) is 0 Å². The Balaban J connectivity index is 1.82. The Labute approximate surface area is 175 Å². The average molecular weight is 412 g/mol. The molecule has 1 aromatic heterocycles. The smallest absolute Gasteiger partial charge is 0.203 e. The molecule has 0 fully saturated rings. The lowest BCUT2D eigenvalue weighted by Crippen LogP contribution is -2.15. The first-order valence-electron chi connectivity index (χ1n) is 9.41. The minimum atomic E-state index is -0.299. The van der Waals surface area contributed by atoms with Gasteiger partial charge in [0.05, 0.1) is 27.9 Å². The number of halogens is 1. The second-order valence-corrected chi connectivity index (χ2v) is 6.79. The molecule has 0 saturated heterocycles. The van der Waals surface area contributed by atoms with Gasteiger partial charge in [0.2, 0.25) is 5.75 Å². The van der Waals surface area contributed by atoms with Crippen molar-refractivity contribution < 1.29 is 23.4 Å². The lowest BCUT2D eigenvalue weighted by molar-refractivity contribution is 0.101. The van der Waals surface area contributed by atoms with E-state index in [4.69, 9.17) is 14.2 Å². The maximum absolute atomic E-state index is 13.3. The van der Waals surface area contributed by atoms with E-state index in [0.717, 1.165) is 17.1 Å². The summed E-state index contributed by atoms with van der Waals surface area (Å²) in [4.78, 5) is 12.9. The van der Waals surface area contributed by atoms with Crippen LogP contribution >= 0.6 is 0 Å². The zero-order chi connectivity index (χ0) is 21.8. The molecular formula is C23H25FN2O4. The van der Waals surface area contributed by atoms with E-state index in [0.29, 0.717) is 28.5 Å². The zero-order valence-electron chi connectivity index (χ0n) is 17.7. The monoisotopic (exact) mass is 412 g/mol. The Kier molecular flexibility index (Phi) is 6.30. The third-order valence-corrected chi connectivity index (χ3v) is 4.93. The highest BCUT2D eigenvalue weighted by Crippen LogP contribution is 2.39. The lowest BCUT2D eigenvalue weighted by Gasteiger charge is -2.15. The molecule has 3 rings (SSSR count). The molecule has 3 aromatic rings. The summed E-state index contributed by atoms with van der Waals surface area (Å²) in [6.07, 6.45) is 0. The molecule has 0 saturated carbocycles. The lowest BCUT2D eigenvalue weighted by atomic mass is 10.1. The first-order valence-corrected chi connectivity index (χ1v) is 9.41. The van der Waals surface area contributed by atoms with Gasteiger partial charge in [-0.05, 0) is 44.2 Å². The molecule has 0 bridgehead atoms. The minimum absolute atomic E-state index is 0.0646. The van der Waals surface area contributed by atoms with Crippen LogP contribution in [0.5, 0.6) is 17.2 Å². The third kappa shape index (κ3) is 4.10. The van der Waals surface area contributed by atoms with Gasteiger partial charge in [0.25, 0.3) is 0 Å². The molecule has 6 nitrogen and oxygen atoms in total. The van der Waals surface area contributed by atoms with Crippen LogP contribution in [0.3, 0.4) is 0 Å². The second kappa shape index (κ2) is 8.90. The highest BCUT2D eigenvalue weighted by molar-refractivity contribution is 6.00. The Hall–Kier alpha value is -3.48. The molecule has 0 radical (unpaired) electrons. The molecule has 0 aliphatic heterocycles. The fourth-order valence-corrected chi connectivity index (χ4v) is 3.49. The van der Waals surface area contributed by atoms with Crippen LogP contribution in [0.2, 0.25) is 0 Å². The number of hydrogen-bond acceptors (Lipinski definition) is 5. The number of hydrogen-bond donors (Lipinski definition) is 1. The van der Waals surface area contributed by atoms with E-state index < -0.39 is 0 Å². The van der Waals surface area contributed by atoms with Crippen LogP contribution in [0, 0.1) is 19.7 Å². The summed E-state index contributed by atoms with van der Waals surface area (Å²) in [6, 6.07) is 11.5. The summed E-state index contributed by atoms with van der Waals surface area (Å²) in [5.41, 5.74) is 3.79. The van der Waals surface area contributed by atoms with Gasteiger partial charge >= 0.3 is 0 Å². The van der Waals surface area contributed by atoms with E-state index in [9.17, 15) is 9.18 Å². The number of Topliss-reactive ketones (excluding diaryl/α,β-unsaturated/α-hetero) is 1. The summed E-state index contributed by atoms with van der Waals surface area (Å²) in [5, 5.41) is 3.12. The zero-order valence-corrected chi connectivity index (χ0v) is 17.7. The van der Waals surface area contributed by atoms with Crippen molar-refractivity contribution in [3.8, 4) is 22.9 Å². The second-order valence-electron chi connectivity index (χ2n) is 6.79. The first kappa shape index (κ1) is 21.2. The number of carbonyl (C=O) groups excluding carboxylic acids is 1. The highest BCUT2D eigenvalue weighted by Gasteiger charge is 2.18. The van der Waals surface area contributed by atoms with Crippen LogP contribution in [0.4, 0.5) is 10.1 Å². The van der Waals surface area contributed by atoms with Crippen molar-refractivity contribution in [1.82, 2.24) is 4.57 Å². The molecule has 0 unspecified atom stereocenters. The number of ketones is 1. The number of rotatable bonds is 8. The van der Waals surface area contributed by atoms with Crippen molar-refractivity contribution >= 4 is 11.5 Å². The number of carbonyl (C=O) groups is 1. The van der Waals surface area contributed by atoms with Crippen molar-refractivity contribution in [3.05, 3.63) is 65.2 Å². The van der Waals surface area contributed by atoms with Crippen molar-refractivity contribution in [2.75, 3.05) is 33.2 Å². The predicted molar refractivity (Wildman–Crippen MR) is 114 cm³/mol. The number of benzene rings is 2. The maximum Gasteiger partial charge on any atom is 0.203 e. The Morgan fingerprint density at radius 1 is 0.967 bits per heavy atom. The van der Waals surface area contributed by atoms with Gasteiger partial charge in [0.1, 0.15) is 5.82 Å². The van der Waals surface area contributed by atoms with Crippen molar-refractivity contribution in [3.63, 3.8) is 0 Å². The van der Waals surface area contributed by atoms with Crippen molar-refractivity contribution in [2.45, 2.75) is 13.8 Å². The van der Waals surface area contributed by atoms with Gasteiger partial charge in [-0.25, -0.2) is 4.39 Å². The molecule has 2 aromatic carbocycles. The molecule has 0 aliphatic rings. The Morgan fingerprint density at radius 3 is 2.10 bits per heavy atom. The van der Waals surface area contributed by atoms with Gasteiger partial charge in [0, 0.05) is 40.5 Å². The van der Waals surface area contributed by atoms with E-state index in [1.54, 1.807) is 24.3 Å². The van der Waals surface area contributed by atoms with Crippen molar-refractivity contribution in [2.24, 2.45) is 0 Å². The molecule has 1 heterocycles. The topological polar surface area (TPSA) is 61.7 Å². The number of nitrogens with one attached hydrogen (secondary N) is 1. The first-order chi connectivity index (χ1) is 14.4. The van der Waals surface area contributed by atoms with E-state index in [-0.39, 0.29) is 18.1 Å². The molecule has 30 heavy (non-hydrogen) atoms. The van der Waals surface area contributed by atoms with Gasteiger partial charge in [-0.2, -0.15) is 0 Å². The predicted octanol–water partition coefficient (Wildman–Crippen LogP) is 4.55. The molecule has 1 N–H and O–H groups in total. The van der Waals surface area contributed by atoms with Crippen LogP contribution in [0.25, 0.3) is 5.69 Å². The summed E-state index contributed by atoms with van der Waals surface area (Å²) in [5.74, 6) is 1.12. The quantitative estimate of drug-likeness (QED) is 0.550. The average Bonchev–Trinajstić information content (AvgIpc) is 3.05. The van der Waals surface area contributed by atoms with Gasteiger partial charge in [0.15, 0.2) is 17.3 Å². The van der Waals surface area contributed by atoms with E-state index in [1.165, 1.54) is 33.5 Å². The highest BCUT2D eigenvalue weighted by atomic mass is 19.1. The Bertz CT molecular complexity index is 1030. The molecule has 0 spiro atoms. The van der Waals surface area contributed by atoms with Crippen LogP contribution in [0.15, 0.2) is 42.5 Å². The van der Waals surface area contributed by atoms with Crippen LogP contribution in [0.1, 0.15) is 21.7 Å². The number of anilines is 1. The summed E-state index contributed by atoms with van der Waals surface area (Å²) < 4.78 is 31.2.